The zero-order valence-corrected chi connectivity index (χ0v) is 15.0. The molecule has 0 aromatic heterocycles. The molecule has 0 aliphatic carbocycles. The van der Waals surface area contributed by atoms with E-state index in [1.807, 2.05) is 12.1 Å². The highest BCUT2D eigenvalue weighted by Gasteiger charge is 2.08. The zero-order chi connectivity index (χ0) is 19.7. The minimum atomic E-state index is 0.387. The van der Waals surface area contributed by atoms with Gasteiger partial charge in [0.25, 0.3) is 0 Å². The largest absolute Gasteiger partial charge is 0.493 e. The van der Waals surface area contributed by atoms with Crippen LogP contribution < -0.4 is 30.4 Å². The molecule has 0 saturated heterocycles. The van der Waals surface area contributed by atoms with Crippen molar-refractivity contribution in [3.63, 3.8) is 0 Å². The highest BCUT2D eigenvalue weighted by Crippen LogP contribution is 2.32. The minimum Gasteiger partial charge on any atom is -0.493 e. The number of nitrogens with two attached hydrogens (primary N) is 2. The summed E-state index contributed by atoms with van der Waals surface area (Å²) in [7, 11) is 6.05. The first-order valence-corrected chi connectivity index (χ1v) is 7.28. The quantitative estimate of drug-likeness (QED) is 0.796. The Hall–Kier alpha value is -3.78. The second-order valence-corrected chi connectivity index (χ2v) is 4.81. The highest BCUT2D eigenvalue weighted by molar-refractivity contribution is 5.63. The molecule has 0 aliphatic rings. The van der Waals surface area contributed by atoms with Gasteiger partial charge in [-0.3, -0.25) is 0 Å². The lowest BCUT2D eigenvalue weighted by atomic mass is 10.2. The van der Waals surface area contributed by atoms with Gasteiger partial charge in [-0.15, -0.1) is 0 Å². The molecule has 0 fully saturated rings. The molecule has 0 radical (unpaired) electrons. The van der Waals surface area contributed by atoms with Crippen LogP contribution in [0.4, 0.5) is 11.4 Å². The van der Waals surface area contributed by atoms with Gasteiger partial charge in [0, 0.05) is 24.3 Å². The van der Waals surface area contributed by atoms with E-state index in [2.05, 4.69) is 0 Å². The minimum absolute atomic E-state index is 0.387. The average molecular weight is 356 g/mol. The number of hydrogen-bond acceptors (Lipinski definition) is 8. The van der Waals surface area contributed by atoms with Crippen LogP contribution in [-0.2, 0) is 0 Å². The van der Waals surface area contributed by atoms with Gasteiger partial charge in [-0.25, -0.2) is 0 Å². The summed E-state index contributed by atoms with van der Waals surface area (Å²) < 4.78 is 20.0. The van der Waals surface area contributed by atoms with Gasteiger partial charge in [0.1, 0.15) is 12.1 Å². The smallest absolute Gasteiger partial charge is 0.162 e. The number of ether oxygens (including phenoxy) is 4. The summed E-state index contributed by atoms with van der Waals surface area (Å²) in [5, 5.41) is 17.4. The molecule has 0 saturated carbocycles. The number of nitrogens with zero attached hydrogens (tertiary/aromatic N) is 2. The van der Waals surface area contributed by atoms with Gasteiger partial charge < -0.3 is 30.4 Å². The van der Waals surface area contributed by atoms with Gasteiger partial charge in [-0.1, -0.05) is 0 Å². The molecule has 26 heavy (non-hydrogen) atoms. The van der Waals surface area contributed by atoms with Crippen molar-refractivity contribution < 1.29 is 18.9 Å². The molecule has 0 spiro atoms. The summed E-state index contributed by atoms with van der Waals surface area (Å²) in [5.41, 5.74) is 12.7. The molecular weight excluding hydrogens is 336 g/mol. The Morgan fingerprint density at radius 1 is 0.615 bits per heavy atom. The Labute approximate surface area is 152 Å². The van der Waals surface area contributed by atoms with Crippen molar-refractivity contribution in [2.24, 2.45) is 0 Å². The van der Waals surface area contributed by atoms with E-state index >= 15 is 0 Å². The topological polar surface area (TPSA) is 137 Å². The van der Waals surface area contributed by atoms with Crippen LogP contribution in [-0.4, -0.2) is 28.4 Å². The summed E-state index contributed by atoms with van der Waals surface area (Å²) in [6.07, 6.45) is 0. The first-order valence-electron chi connectivity index (χ1n) is 7.28. The van der Waals surface area contributed by atoms with Crippen LogP contribution in [0.25, 0.3) is 0 Å². The van der Waals surface area contributed by atoms with Gasteiger partial charge in [0.2, 0.25) is 0 Å². The molecule has 0 aliphatic heterocycles. The van der Waals surface area contributed by atoms with Crippen molar-refractivity contribution in [3.05, 3.63) is 35.4 Å². The third kappa shape index (κ3) is 4.62. The number of nitrogen functional groups attached to an aromatic ring is 2. The third-order valence-corrected chi connectivity index (χ3v) is 3.35. The second-order valence-electron chi connectivity index (χ2n) is 4.81. The normalized spacial score (nSPS) is 9.00. The van der Waals surface area contributed by atoms with Crippen molar-refractivity contribution in [2.75, 3.05) is 39.9 Å². The van der Waals surface area contributed by atoms with Gasteiger partial charge >= 0.3 is 0 Å². The Balaban J connectivity index is 0.000000260. The fourth-order valence-electron chi connectivity index (χ4n) is 1.98. The molecule has 0 amide bonds. The molecule has 4 N–H and O–H groups in total. The summed E-state index contributed by atoms with van der Waals surface area (Å²) in [5.74, 6) is 2.07. The summed E-state index contributed by atoms with van der Waals surface area (Å²) in [6, 6.07) is 10.2. The van der Waals surface area contributed by atoms with Crippen LogP contribution in [0.15, 0.2) is 24.3 Å². The SMILES string of the molecule is COc1cc(N)c(C#N)cc1OC.COc1cc(N)c(C#N)cc1OC. The van der Waals surface area contributed by atoms with Crippen LogP contribution in [0.5, 0.6) is 23.0 Å². The lowest BCUT2D eigenvalue weighted by molar-refractivity contribution is 0.355. The lowest BCUT2D eigenvalue weighted by Crippen LogP contribution is -1.95. The van der Waals surface area contributed by atoms with Gasteiger partial charge in [-0.2, -0.15) is 10.5 Å². The van der Waals surface area contributed by atoms with E-state index in [1.54, 1.807) is 24.3 Å². The molecule has 2 aromatic rings. The monoisotopic (exact) mass is 356 g/mol. The molecule has 0 atom stereocenters. The summed E-state index contributed by atoms with van der Waals surface area (Å²) in [6.45, 7) is 0. The molecule has 136 valence electrons. The van der Waals surface area contributed by atoms with E-state index in [0.717, 1.165) is 0 Å². The fourth-order valence-corrected chi connectivity index (χ4v) is 1.98. The lowest BCUT2D eigenvalue weighted by Gasteiger charge is -2.08. The predicted octanol–water partition coefficient (Wildman–Crippen LogP) is 2.32. The molecule has 8 heteroatoms. The number of benzene rings is 2. The molecular formula is C18H20N4O4. The van der Waals surface area contributed by atoms with Crippen molar-refractivity contribution in [1.82, 2.24) is 0 Å². The van der Waals surface area contributed by atoms with Crippen molar-refractivity contribution in [3.8, 4) is 35.1 Å². The van der Waals surface area contributed by atoms with E-state index < -0.39 is 0 Å². The Morgan fingerprint density at radius 3 is 1.12 bits per heavy atom. The number of anilines is 2. The molecule has 0 unspecified atom stereocenters. The maximum absolute atomic E-state index is 8.68. The summed E-state index contributed by atoms with van der Waals surface area (Å²) in [4.78, 5) is 0. The van der Waals surface area contributed by atoms with E-state index in [-0.39, 0.29) is 0 Å². The molecule has 2 rings (SSSR count). The first kappa shape index (κ1) is 20.3. The van der Waals surface area contributed by atoms with Crippen molar-refractivity contribution in [1.29, 1.82) is 10.5 Å². The Morgan fingerprint density at radius 2 is 0.885 bits per heavy atom. The van der Waals surface area contributed by atoms with Crippen molar-refractivity contribution in [2.45, 2.75) is 0 Å². The maximum atomic E-state index is 8.68. The number of hydrogen-bond donors (Lipinski definition) is 2. The van der Waals surface area contributed by atoms with Crippen LogP contribution in [0, 0.1) is 22.7 Å². The van der Waals surface area contributed by atoms with E-state index in [1.165, 1.54) is 28.4 Å². The van der Waals surface area contributed by atoms with Gasteiger partial charge in [-0.05, 0) is 0 Å². The average Bonchev–Trinajstić information content (AvgIpc) is 2.67. The second kappa shape index (κ2) is 9.50. The molecule has 8 nitrogen and oxygen atoms in total. The van der Waals surface area contributed by atoms with E-state index in [4.69, 9.17) is 40.9 Å². The van der Waals surface area contributed by atoms with Crippen LogP contribution in [0.1, 0.15) is 11.1 Å². The van der Waals surface area contributed by atoms with Crippen LogP contribution in [0.2, 0.25) is 0 Å². The van der Waals surface area contributed by atoms with Crippen LogP contribution >= 0.6 is 0 Å². The molecule has 0 heterocycles. The number of methoxy groups -OCH3 is 4. The Bertz CT molecular complexity index is 782. The maximum Gasteiger partial charge on any atom is 0.162 e. The molecule has 0 bridgehead atoms. The first-order chi connectivity index (χ1) is 12.4. The fraction of sp³-hybridized carbons (Fsp3) is 0.222. The van der Waals surface area contributed by atoms with E-state index in [9.17, 15) is 0 Å². The third-order valence-electron chi connectivity index (χ3n) is 3.35. The standard InChI is InChI=1S/2C9H10N2O2/c2*1-12-8-3-6(5-10)7(11)4-9(8)13-2/h2*3-4H,11H2,1-2H3. The zero-order valence-electron chi connectivity index (χ0n) is 15.0. The van der Waals surface area contributed by atoms with Crippen molar-refractivity contribution >= 4 is 11.4 Å². The molecule has 2 aromatic carbocycles. The van der Waals surface area contributed by atoms with Gasteiger partial charge in [0.15, 0.2) is 23.0 Å². The van der Waals surface area contributed by atoms with Gasteiger partial charge in [0.05, 0.1) is 50.9 Å². The van der Waals surface area contributed by atoms with E-state index in [0.29, 0.717) is 45.5 Å². The predicted molar refractivity (Wildman–Crippen MR) is 97.3 cm³/mol. The number of rotatable bonds is 4. The van der Waals surface area contributed by atoms with Crippen LogP contribution in [0.3, 0.4) is 0 Å². The summed E-state index contributed by atoms with van der Waals surface area (Å²) >= 11 is 0. The Kier molecular flexibility index (Phi) is 7.40. The number of nitriles is 2. The highest BCUT2D eigenvalue weighted by atomic mass is 16.5.